The Bertz CT molecular complexity index is 824. The zero-order valence-corrected chi connectivity index (χ0v) is 25.6. The van der Waals surface area contributed by atoms with Gasteiger partial charge < -0.3 is 18.9 Å². The molecule has 0 aromatic rings. The molecule has 39 heavy (non-hydrogen) atoms. The van der Waals surface area contributed by atoms with Crippen LogP contribution >= 0.6 is 0 Å². The Balaban J connectivity index is 0.00000205. The Morgan fingerprint density at radius 3 is 2.08 bits per heavy atom. The van der Waals surface area contributed by atoms with Gasteiger partial charge in [0.1, 0.15) is 6.10 Å². The Kier molecular flexibility index (Phi) is 12.3. The third kappa shape index (κ3) is 7.27. The van der Waals surface area contributed by atoms with Crippen LogP contribution in [0.15, 0.2) is 5.10 Å². The largest absolute Gasteiger partial charge is 0.381 e. The van der Waals surface area contributed by atoms with Gasteiger partial charge in [0.2, 0.25) is 11.9 Å². The maximum atomic E-state index is 14.2. The van der Waals surface area contributed by atoms with E-state index in [4.69, 9.17) is 24.0 Å². The molecule has 0 bridgehead atoms. The average molecular weight is 553 g/mol. The van der Waals surface area contributed by atoms with Crippen LogP contribution in [0.1, 0.15) is 85.0 Å². The summed E-state index contributed by atoms with van der Waals surface area (Å²) in [4.78, 5) is 26.3. The molecule has 9 heteroatoms. The van der Waals surface area contributed by atoms with Gasteiger partial charge in [0.25, 0.3) is 0 Å². The van der Waals surface area contributed by atoms with Crippen molar-refractivity contribution in [3.8, 4) is 0 Å². The number of carbonyl (C=O) groups is 1. The van der Waals surface area contributed by atoms with E-state index in [0.717, 1.165) is 61.8 Å². The van der Waals surface area contributed by atoms with Crippen molar-refractivity contribution in [3.63, 3.8) is 0 Å². The molecule has 3 fully saturated rings. The van der Waals surface area contributed by atoms with Crippen molar-refractivity contribution in [1.82, 2.24) is 5.01 Å². The summed E-state index contributed by atoms with van der Waals surface area (Å²) in [7, 11) is 8.44. The third-order valence-corrected chi connectivity index (χ3v) is 9.83. The predicted molar refractivity (Wildman–Crippen MR) is 152 cm³/mol. The number of amides is 1. The highest BCUT2D eigenvalue weighted by Gasteiger charge is 2.48. The molecule has 4 aliphatic rings. The second-order valence-corrected chi connectivity index (χ2v) is 11.9. The number of nitrogens with zero attached hydrogens (tertiary/aromatic N) is 3. The third-order valence-electron chi connectivity index (χ3n) is 9.83. The lowest BCUT2D eigenvalue weighted by molar-refractivity contribution is -0.563. The minimum absolute atomic E-state index is 0.00716. The summed E-state index contributed by atoms with van der Waals surface area (Å²) < 4.78 is 24.1. The van der Waals surface area contributed by atoms with E-state index in [1.54, 1.807) is 35.5 Å². The molecular weight excluding hydrogens is 498 g/mol. The van der Waals surface area contributed by atoms with E-state index in [1.165, 1.54) is 0 Å². The standard InChI is InChI=1S/C28H48N3O6.C2H6/c1-17-10-11-18(13-24(17)34-3)22-16-23(19-8-7-9-21(12-19)30(2)33)31(29-22)28(32)20-14-25(35-4)27(37-6)26(15-20)36-5;1-2/h17-21,23-27H,7-16H2,1-6H3;1-2H3/q+1;. The van der Waals surface area contributed by atoms with Gasteiger partial charge in [-0.05, 0) is 61.5 Å². The number of hydrogen-bond acceptors (Lipinski definition) is 7. The van der Waals surface area contributed by atoms with Gasteiger partial charge >= 0.3 is 0 Å². The molecule has 0 saturated heterocycles. The highest BCUT2D eigenvalue weighted by atomic mass is 16.6. The quantitative estimate of drug-likeness (QED) is 0.400. The molecular formula is C30H54N3O6+. The van der Waals surface area contributed by atoms with E-state index < -0.39 is 0 Å². The first kappa shape index (κ1) is 32.1. The van der Waals surface area contributed by atoms with Crippen LogP contribution < -0.4 is 0 Å². The molecule has 8 atom stereocenters. The van der Waals surface area contributed by atoms with E-state index in [9.17, 15) is 9.70 Å². The SMILES string of the molecule is CC.COC1CC(C2=NN(C(=O)C3CC(OC)C(OC)C(OC)C3)C(C3CCCC([N+](C)=O)C3)C2)CCC1C. The fourth-order valence-corrected chi connectivity index (χ4v) is 7.49. The molecule has 0 aromatic heterocycles. The Labute approximate surface area is 235 Å². The fraction of sp³-hybridized carbons (Fsp3) is 0.933. The van der Waals surface area contributed by atoms with Crippen LogP contribution in [0, 0.1) is 28.6 Å². The zero-order valence-electron chi connectivity index (χ0n) is 25.6. The predicted octanol–water partition coefficient (Wildman–Crippen LogP) is 4.84. The molecule has 0 aromatic carbocycles. The molecule has 0 radical (unpaired) electrons. The van der Waals surface area contributed by atoms with Gasteiger partial charge in [-0.2, -0.15) is 5.10 Å². The first-order valence-corrected chi connectivity index (χ1v) is 15.2. The van der Waals surface area contributed by atoms with E-state index in [2.05, 4.69) is 6.92 Å². The molecule has 3 saturated carbocycles. The monoisotopic (exact) mass is 552 g/mol. The summed E-state index contributed by atoms with van der Waals surface area (Å²) in [5.74, 6) is 0.963. The topological polar surface area (TPSA) is 89.7 Å². The molecule has 1 aliphatic heterocycles. The smallest absolute Gasteiger partial charge is 0.246 e. The van der Waals surface area contributed by atoms with Crippen LogP contribution in [-0.2, 0) is 23.7 Å². The summed E-state index contributed by atoms with van der Waals surface area (Å²) in [6.45, 7) is 6.26. The normalized spacial score (nSPS) is 39.0. The van der Waals surface area contributed by atoms with Gasteiger partial charge in [-0.15, -0.1) is 0 Å². The zero-order chi connectivity index (χ0) is 28.7. The van der Waals surface area contributed by atoms with Gasteiger partial charge in [-0.3, -0.25) is 4.79 Å². The molecule has 3 aliphatic carbocycles. The average Bonchev–Trinajstić information content (AvgIpc) is 3.42. The van der Waals surface area contributed by atoms with E-state index in [1.807, 2.05) is 18.9 Å². The highest BCUT2D eigenvalue weighted by Crippen LogP contribution is 2.41. The van der Waals surface area contributed by atoms with Crippen molar-refractivity contribution in [3.05, 3.63) is 4.91 Å². The van der Waals surface area contributed by atoms with Crippen molar-refractivity contribution in [2.24, 2.45) is 28.8 Å². The number of rotatable bonds is 8. The molecule has 0 N–H and O–H groups in total. The number of ether oxygens (including phenoxy) is 4. The number of hydrazone groups is 1. The Morgan fingerprint density at radius 2 is 1.51 bits per heavy atom. The summed E-state index contributed by atoms with van der Waals surface area (Å²) in [5, 5.41) is 6.91. The van der Waals surface area contributed by atoms with Crippen LogP contribution in [0.5, 0.6) is 0 Å². The number of carbonyl (C=O) groups excluding carboxylic acids is 1. The summed E-state index contributed by atoms with van der Waals surface area (Å²) in [6.07, 6.45) is 8.52. The minimum Gasteiger partial charge on any atom is -0.381 e. The maximum absolute atomic E-state index is 14.2. The molecule has 4 rings (SSSR count). The van der Waals surface area contributed by atoms with E-state index >= 15 is 0 Å². The Hall–Kier alpha value is -1.42. The van der Waals surface area contributed by atoms with Crippen molar-refractivity contribution < 1.29 is 28.5 Å². The lowest BCUT2D eigenvalue weighted by atomic mass is 9.75. The van der Waals surface area contributed by atoms with Gasteiger partial charge in [-0.1, -0.05) is 20.8 Å². The number of methoxy groups -OCH3 is 4. The number of hydrogen-bond donors (Lipinski definition) is 0. The van der Waals surface area contributed by atoms with E-state index in [0.29, 0.717) is 24.7 Å². The van der Waals surface area contributed by atoms with Gasteiger partial charge in [0.05, 0.1) is 24.4 Å². The minimum atomic E-state index is -0.244. The first-order chi connectivity index (χ1) is 18.8. The molecule has 8 unspecified atom stereocenters. The van der Waals surface area contributed by atoms with Gasteiger partial charge in [0, 0.05) is 70.2 Å². The van der Waals surface area contributed by atoms with Crippen molar-refractivity contribution >= 4 is 11.6 Å². The summed E-state index contributed by atoms with van der Waals surface area (Å²) >= 11 is 0. The van der Waals surface area contributed by atoms with Crippen LogP contribution in [0.3, 0.4) is 0 Å². The van der Waals surface area contributed by atoms with Crippen LogP contribution in [0.2, 0.25) is 0 Å². The van der Waals surface area contributed by atoms with Gasteiger partial charge in [0.15, 0.2) is 7.05 Å². The lowest BCUT2D eigenvalue weighted by Crippen LogP contribution is -2.52. The molecule has 224 valence electrons. The first-order valence-electron chi connectivity index (χ1n) is 15.2. The summed E-state index contributed by atoms with van der Waals surface area (Å²) in [6, 6.07) is 0.0220. The molecule has 1 heterocycles. The van der Waals surface area contributed by atoms with Crippen LogP contribution in [0.4, 0.5) is 0 Å². The second-order valence-electron chi connectivity index (χ2n) is 11.9. The lowest BCUT2D eigenvalue weighted by Gasteiger charge is -2.41. The molecule has 0 spiro atoms. The Morgan fingerprint density at radius 1 is 0.872 bits per heavy atom. The fourth-order valence-electron chi connectivity index (χ4n) is 7.49. The molecule has 1 amide bonds. The molecule has 9 nitrogen and oxygen atoms in total. The van der Waals surface area contributed by atoms with Crippen molar-refractivity contribution in [2.75, 3.05) is 35.5 Å². The maximum Gasteiger partial charge on any atom is 0.246 e. The second kappa shape index (κ2) is 15.0. The van der Waals surface area contributed by atoms with Crippen molar-refractivity contribution in [2.45, 2.75) is 121 Å². The number of nitroso groups, excluding NO2 is 1. The van der Waals surface area contributed by atoms with Crippen LogP contribution in [0.25, 0.3) is 0 Å². The summed E-state index contributed by atoms with van der Waals surface area (Å²) in [5.41, 5.74) is 1.14. The van der Waals surface area contributed by atoms with Gasteiger partial charge in [-0.25, -0.2) is 5.01 Å². The van der Waals surface area contributed by atoms with Crippen LogP contribution in [-0.4, -0.2) is 93.4 Å². The van der Waals surface area contributed by atoms with E-state index in [-0.39, 0.29) is 54.2 Å². The highest BCUT2D eigenvalue weighted by molar-refractivity contribution is 5.92. The van der Waals surface area contributed by atoms with Crippen molar-refractivity contribution in [1.29, 1.82) is 0 Å².